The first-order valence-corrected chi connectivity index (χ1v) is 6.79. The maximum atomic E-state index is 10.3. The number of carbonyl (C=O) groups is 1. The average molecular weight is 243 g/mol. The lowest BCUT2D eigenvalue weighted by atomic mass is 9.87. The van der Waals surface area contributed by atoms with E-state index in [1.54, 1.807) is 0 Å². The van der Waals surface area contributed by atoms with Crippen molar-refractivity contribution in [2.75, 3.05) is 13.1 Å². The second-order valence-electron chi connectivity index (χ2n) is 5.08. The van der Waals surface area contributed by atoms with Crippen molar-refractivity contribution in [1.29, 1.82) is 0 Å². The van der Waals surface area contributed by atoms with Crippen LogP contribution in [0.5, 0.6) is 0 Å². The summed E-state index contributed by atoms with van der Waals surface area (Å²) in [5.41, 5.74) is 0. The first kappa shape index (κ1) is 14.5. The molecule has 0 saturated heterocycles. The summed E-state index contributed by atoms with van der Waals surface area (Å²) in [7, 11) is 0. The lowest BCUT2D eigenvalue weighted by Gasteiger charge is -2.21. The number of hydrogen-bond acceptors (Lipinski definition) is 3. The Hall–Kier alpha value is -0.610. The molecule has 1 aliphatic rings. The van der Waals surface area contributed by atoms with Crippen molar-refractivity contribution in [3.8, 4) is 0 Å². The highest BCUT2D eigenvalue weighted by atomic mass is 16.4. The second-order valence-corrected chi connectivity index (χ2v) is 5.08. The van der Waals surface area contributed by atoms with Gasteiger partial charge in [-0.3, -0.25) is 4.79 Å². The fourth-order valence-corrected chi connectivity index (χ4v) is 2.44. The lowest BCUT2D eigenvalue weighted by Crippen LogP contribution is -2.29. The predicted molar refractivity (Wildman–Crippen MR) is 66.9 cm³/mol. The third kappa shape index (κ3) is 7.34. The van der Waals surface area contributed by atoms with Crippen molar-refractivity contribution in [3.63, 3.8) is 0 Å². The summed E-state index contributed by atoms with van der Waals surface area (Å²) in [5, 5.41) is 21.2. The number of aliphatic hydroxyl groups excluding tert-OH is 1. The van der Waals surface area contributed by atoms with Crippen LogP contribution < -0.4 is 5.32 Å². The van der Waals surface area contributed by atoms with E-state index in [4.69, 9.17) is 5.11 Å². The highest BCUT2D eigenvalue weighted by Gasteiger charge is 2.13. The summed E-state index contributed by atoms with van der Waals surface area (Å²) in [4.78, 5) is 10.3. The van der Waals surface area contributed by atoms with Crippen LogP contribution in [0.25, 0.3) is 0 Å². The Labute approximate surface area is 103 Å². The van der Waals surface area contributed by atoms with Crippen LogP contribution in [0.3, 0.4) is 0 Å². The second kappa shape index (κ2) is 8.48. The Morgan fingerprint density at radius 3 is 2.65 bits per heavy atom. The molecule has 0 aromatic heterocycles. The minimum Gasteiger partial charge on any atom is -0.481 e. The molecule has 0 spiro atoms. The maximum Gasteiger partial charge on any atom is 0.303 e. The molecule has 0 amide bonds. The molecule has 0 bridgehead atoms. The van der Waals surface area contributed by atoms with Crippen molar-refractivity contribution < 1.29 is 15.0 Å². The molecule has 1 rings (SSSR count). The summed E-state index contributed by atoms with van der Waals surface area (Å²) in [6, 6.07) is 0. The third-order valence-corrected chi connectivity index (χ3v) is 3.53. The predicted octanol–water partition coefficient (Wildman–Crippen LogP) is 1.77. The number of rotatable bonds is 8. The Kier molecular flexibility index (Phi) is 7.21. The van der Waals surface area contributed by atoms with Gasteiger partial charge in [-0.2, -0.15) is 0 Å². The van der Waals surface area contributed by atoms with Gasteiger partial charge in [0.1, 0.15) is 0 Å². The molecular weight excluding hydrogens is 218 g/mol. The van der Waals surface area contributed by atoms with Gasteiger partial charge in [-0.05, 0) is 25.3 Å². The molecule has 4 nitrogen and oxygen atoms in total. The van der Waals surface area contributed by atoms with Crippen LogP contribution in [0.2, 0.25) is 0 Å². The van der Waals surface area contributed by atoms with Gasteiger partial charge in [0.25, 0.3) is 0 Å². The summed E-state index contributed by atoms with van der Waals surface area (Å²) < 4.78 is 0. The highest BCUT2D eigenvalue weighted by molar-refractivity contribution is 5.66. The number of carboxylic acids is 1. The topological polar surface area (TPSA) is 69.6 Å². The van der Waals surface area contributed by atoms with Gasteiger partial charge in [-0.25, -0.2) is 0 Å². The molecule has 0 aliphatic heterocycles. The molecular formula is C13H25NO3. The average Bonchev–Trinajstić information content (AvgIpc) is 2.33. The van der Waals surface area contributed by atoms with Crippen molar-refractivity contribution in [3.05, 3.63) is 0 Å². The number of aliphatic carboxylic acids is 1. The Morgan fingerprint density at radius 1 is 1.29 bits per heavy atom. The Bertz CT molecular complexity index is 215. The minimum absolute atomic E-state index is 0.0471. The zero-order chi connectivity index (χ0) is 12.5. The molecule has 0 aromatic carbocycles. The van der Waals surface area contributed by atoms with E-state index in [0.717, 1.165) is 12.5 Å². The van der Waals surface area contributed by atoms with Gasteiger partial charge >= 0.3 is 5.97 Å². The molecule has 1 unspecified atom stereocenters. The van der Waals surface area contributed by atoms with Crippen LogP contribution in [-0.4, -0.2) is 35.4 Å². The van der Waals surface area contributed by atoms with Gasteiger partial charge in [-0.1, -0.05) is 32.1 Å². The van der Waals surface area contributed by atoms with E-state index in [1.165, 1.54) is 38.5 Å². The van der Waals surface area contributed by atoms with Gasteiger partial charge in [0.15, 0.2) is 0 Å². The Balaban J connectivity index is 1.93. The van der Waals surface area contributed by atoms with Crippen molar-refractivity contribution in [2.24, 2.45) is 5.92 Å². The van der Waals surface area contributed by atoms with Gasteiger partial charge in [0.2, 0.25) is 0 Å². The first-order valence-electron chi connectivity index (χ1n) is 6.79. The third-order valence-electron chi connectivity index (χ3n) is 3.53. The summed E-state index contributed by atoms with van der Waals surface area (Å²) in [6.07, 6.45) is 7.86. The molecule has 0 radical (unpaired) electrons. The van der Waals surface area contributed by atoms with Crippen LogP contribution in [0.4, 0.5) is 0 Å². The van der Waals surface area contributed by atoms with Gasteiger partial charge in [0, 0.05) is 13.0 Å². The largest absolute Gasteiger partial charge is 0.481 e. The number of aliphatic hydroxyl groups is 1. The van der Waals surface area contributed by atoms with Crippen LogP contribution in [0.15, 0.2) is 0 Å². The molecule has 0 heterocycles. The summed E-state index contributed by atoms with van der Waals surface area (Å²) >= 11 is 0. The quantitative estimate of drug-likeness (QED) is 0.568. The van der Waals surface area contributed by atoms with Crippen molar-refractivity contribution in [2.45, 2.75) is 57.5 Å². The van der Waals surface area contributed by atoms with E-state index in [2.05, 4.69) is 5.32 Å². The van der Waals surface area contributed by atoms with Crippen molar-refractivity contribution in [1.82, 2.24) is 5.32 Å². The molecule has 1 fully saturated rings. The molecule has 0 aromatic rings. The molecule has 1 saturated carbocycles. The summed E-state index contributed by atoms with van der Waals surface area (Å²) in [6.45, 7) is 1.45. The zero-order valence-corrected chi connectivity index (χ0v) is 10.5. The smallest absolute Gasteiger partial charge is 0.303 e. The van der Waals surface area contributed by atoms with Gasteiger partial charge in [0.05, 0.1) is 6.10 Å². The SMILES string of the molecule is O=C(O)CCC(O)CNCCC1CCCCC1. The van der Waals surface area contributed by atoms with Crippen LogP contribution >= 0.6 is 0 Å². The minimum atomic E-state index is -0.841. The lowest BCUT2D eigenvalue weighted by molar-refractivity contribution is -0.137. The van der Waals surface area contributed by atoms with Gasteiger partial charge < -0.3 is 15.5 Å². The van der Waals surface area contributed by atoms with E-state index in [9.17, 15) is 9.90 Å². The van der Waals surface area contributed by atoms with Crippen LogP contribution in [0.1, 0.15) is 51.4 Å². The molecule has 17 heavy (non-hydrogen) atoms. The fraction of sp³-hybridized carbons (Fsp3) is 0.923. The van der Waals surface area contributed by atoms with Crippen molar-refractivity contribution >= 4 is 5.97 Å². The number of hydrogen-bond donors (Lipinski definition) is 3. The van der Waals surface area contributed by atoms with Gasteiger partial charge in [-0.15, -0.1) is 0 Å². The zero-order valence-electron chi connectivity index (χ0n) is 10.5. The van der Waals surface area contributed by atoms with Crippen LogP contribution in [0, 0.1) is 5.92 Å². The standard InChI is InChI=1S/C13H25NO3/c15-12(6-7-13(16)17)10-14-9-8-11-4-2-1-3-5-11/h11-12,14-15H,1-10H2,(H,16,17). The molecule has 100 valence electrons. The number of carboxylic acid groups (broad SMARTS) is 1. The first-order chi connectivity index (χ1) is 8.18. The highest BCUT2D eigenvalue weighted by Crippen LogP contribution is 2.25. The molecule has 1 atom stereocenters. The number of nitrogens with one attached hydrogen (secondary N) is 1. The van der Waals surface area contributed by atoms with E-state index in [1.807, 2.05) is 0 Å². The van der Waals surface area contributed by atoms with E-state index in [-0.39, 0.29) is 6.42 Å². The summed E-state index contributed by atoms with van der Waals surface area (Å²) in [5.74, 6) is 0.0127. The fourth-order valence-electron chi connectivity index (χ4n) is 2.44. The molecule has 4 heteroatoms. The maximum absolute atomic E-state index is 10.3. The van der Waals surface area contributed by atoms with E-state index in [0.29, 0.717) is 13.0 Å². The normalized spacial score (nSPS) is 19.1. The molecule has 1 aliphatic carbocycles. The van der Waals surface area contributed by atoms with Crippen LogP contribution in [-0.2, 0) is 4.79 Å². The monoisotopic (exact) mass is 243 g/mol. The van der Waals surface area contributed by atoms with E-state index >= 15 is 0 Å². The molecule has 3 N–H and O–H groups in total. The van der Waals surface area contributed by atoms with E-state index < -0.39 is 12.1 Å². The Morgan fingerprint density at radius 2 is 2.00 bits per heavy atom.